The van der Waals surface area contributed by atoms with E-state index in [1.54, 1.807) is 7.11 Å². The van der Waals surface area contributed by atoms with Crippen molar-refractivity contribution in [1.29, 1.82) is 0 Å². The van der Waals surface area contributed by atoms with Gasteiger partial charge in [0.1, 0.15) is 11.4 Å². The third kappa shape index (κ3) is 3.11. The Labute approximate surface area is 138 Å². The number of methoxy groups -OCH3 is 1. The molecule has 1 amide bonds. The highest BCUT2D eigenvalue weighted by molar-refractivity contribution is 6.05. The lowest BCUT2D eigenvalue weighted by atomic mass is 10.1. The average molecular weight is 314 g/mol. The highest BCUT2D eigenvalue weighted by Gasteiger charge is 2.21. The van der Waals surface area contributed by atoms with Gasteiger partial charge in [-0.05, 0) is 62.9 Å². The molecule has 1 aromatic heterocycles. The van der Waals surface area contributed by atoms with Crippen LogP contribution in [0.4, 0.5) is 5.69 Å². The van der Waals surface area contributed by atoms with E-state index in [2.05, 4.69) is 30.7 Å². The van der Waals surface area contributed by atoms with Gasteiger partial charge < -0.3 is 14.6 Å². The van der Waals surface area contributed by atoms with E-state index in [1.165, 1.54) is 11.3 Å². The number of anilines is 1. The number of benzene rings is 1. The minimum atomic E-state index is -0.0870. The molecule has 0 saturated heterocycles. The van der Waals surface area contributed by atoms with E-state index in [4.69, 9.17) is 4.74 Å². The molecule has 0 spiro atoms. The molecule has 0 unspecified atom stereocenters. The number of nitrogens with one attached hydrogen (secondary N) is 1. The predicted octanol–water partition coefficient (Wildman–Crippen LogP) is 4.26. The maximum absolute atomic E-state index is 12.9. The summed E-state index contributed by atoms with van der Waals surface area (Å²) in [5, 5.41) is 3.01. The van der Waals surface area contributed by atoms with Crippen molar-refractivity contribution in [1.82, 2.24) is 4.57 Å². The molecule has 2 rings (SSSR count). The van der Waals surface area contributed by atoms with Crippen molar-refractivity contribution in [2.75, 3.05) is 12.4 Å². The Balaban J connectivity index is 2.45. The second kappa shape index (κ2) is 6.90. The van der Waals surface area contributed by atoms with Crippen molar-refractivity contribution in [2.45, 2.75) is 47.6 Å². The fraction of sp³-hybridized carbons (Fsp3) is 0.421. The number of hydrogen-bond acceptors (Lipinski definition) is 2. The molecule has 0 aliphatic rings. The van der Waals surface area contributed by atoms with E-state index in [0.29, 0.717) is 11.4 Å². The molecule has 0 aliphatic carbocycles. The summed E-state index contributed by atoms with van der Waals surface area (Å²) in [5.41, 5.74) is 6.02. The summed E-state index contributed by atoms with van der Waals surface area (Å²) in [4.78, 5) is 12.9. The third-order valence-electron chi connectivity index (χ3n) is 4.41. The first-order valence-corrected chi connectivity index (χ1v) is 8.09. The molecule has 0 radical (unpaired) electrons. The second-order valence-electron chi connectivity index (χ2n) is 5.79. The number of nitrogens with zero attached hydrogens (tertiary/aromatic N) is 1. The number of carbonyl (C=O) groups is 1. The van der Waals surface area contributed by atoms with Crippen molar-refractivity contribution < 1.29 is 9.53 Å². The Morgan fingerprint density at radius 1 is 1.22 bits per heavy atom. The lowest BCUT2D eigenvalue weighted by molar-refractivity contribution is 0.101. The van der Waals surface area contributed by atoms with Gasteiger partial charge in [0.25, 0.3) is 5.91 Å². The number of carbonyl (C=O) groups excluding carboxylic acids is 1. The first kappa shape index (κ1) is 17.1. The summed E-state index contributed by atoms with van der Waals surface area (Å²) < 4.78 is 7.44. The lowest BCUT2D eigenvalue weighted by Crippen LogP contribution is -2.18. The molecule has 0 aliphatic heterocycles. The smallest absolute Gasteiger partial charge is 0.272 e. The van der Waals surface area contributed by atoms with Gasteiger partial charge in [-0.1, -0.05) is 13.0 Å². The Morgan fingerprint density at radius 3 is 2.48 bits per heavy atom. The topological polar surface area (TPSA) is 43.3 Å². The van der Waals surface area contributed by atoms with Crippen molar-refractivity contribution in [2.24, 2.45) is 0 Å². The molecule has 2 aromatic rings. The van der Waals surface area contributed by atoms with Gasteiger partial charge in [-0.2, -0.15) is 0 Å². The molecule has 0 atom stereocenters. The average Bonchev–Trinajstić information content (AvgIpc) is 2.77. The van der Waals surface area contributed by atoms with Gasteiger partial charge in [0.15, 0.2) is 0 Å². The number of rotatable bonds is 5. The number of aryl methyl sites for hydroxylation is 1. The molecule has 0 fully saturated rings. The highest BCUT2D eigenvalue weighted by atomic mass is 16.5. The first-order chi connectivity index (χ1) is 10.9. The largest absolute Gasteiger partial charge is 0.495 e. The van der Waals surface area contributed by atoms with Crippen LogP contribution in [-0.4, -0.2) is 17.6 Å². The Hall–Kier alpha value is -2.23. The van der Waals surface area contributed by atoms with Crippen LogP contribution in [0.5, 0.6) is 5.75 Å². The maximum atomic E-state index is 12.9. The maximum Gasteiger partial charge on any atom is 0.272 e. The second-order valence-corrected chi connectivity index (χ2v) is 5.79. The Kier molecular flexibility index (Phi) is 5.14. The van der Waals surface area contributed by atoms with Gasteiger partial charge in [-0.25, -0.2) is 0 Å². The number of ether oxygens (including phenoxy) is 1. The lowest BCUT2D eigenvalue weighted by Gasteiger charge is -2.13. The molecule has 0 bridgehead atoms. The summed E-state index contributed by atoms with van der Waals surface area (Å²) in [7, 11) is 1.61. The minimum absolute atomic E-state index is 0.0870. The van der Waals surface area contributed by atoms with Crippen molar-refractivity contribution in [3.05, 3.63) is 46.3 Å². The SMILES string of the molecule is CCc1c(C)c(C(=O)Nc2cc(C)ccc2OC)n(CC)c1C. The Morgan fingerprint density at radius 2 is 1.91 bits per heavy atom. The number of aromatic nitrogens is 1. The summed E-state index contributed by atoms with van der Waals surface area (Å²) >= 11 is 0. The molecule has 1 N–H and O–H groups in total. The van der Waals surface area contributed by atoms with Gasteiger partial charge in [-0.3, -0.25) is 4.79 Å². The van der Waals surface area contributed by atoms with E-state index >= 15 is 0 Å². The first-order valence-electron chi connectivity index (χ1n) is 8.09. The van der Waals surface area contributed by atoms with Crippen LogP contribution >= 0.6 is 0 Å². The molecule has 23 heavy (non-hydrogen) atoms. The molecule has 4 heteroatoms. The molecular formula is C19H26N2O2. The van der Waals surface area contributed by atoms with Crippen LogP contribution < -0.4 is 10.1 Å². The van der Waals surface area contributed by atoms with E-state index in [9.17, 15) is 4.79 Å². The van der Waals surface area contributed by atoms with Crippen LogP contribution in [0.2, 0.25) is 0 Å². The van der Waals surface area contributed by atoms with Gasteiger partial charge in [-0.15, -0.1) is 0 Å². The zero-order valence-electron chi connectivity index (χ0n) is 14.9. The molecule has 0 saturated carbocycles. The van der Waals surface area contributed by atoms with E-state index in [-0.39, 0.29) is 5.91 Å². The fourth-order valence-electron chi connectivity index (χ4n) is 3.26. The van der Waals surface area contributed by atoms with Crippen molar-refractivity contribution >= 4 is 11.6 Å². The van der Waals surface area contributed by atoms with Gasteiger partial charge in [0.05, 0.1) is 12.8 Å². The van der Waals surface area contributed by atoms with Crippen molar-refractivity contribution in [3.8, 4) is 5.75 Å². The van der Waals surface area contributed by atoms with Crippen LogP contribution in [-0.2, 0) is 13.0 Å². The fourth-order valence-corrected chi connectivity index (χ4v) is 3.26. The summed E-state index contributed by atoms with van der Waals surface area (Å²) in [6.45, 7) is 11.1. The highest BCUT2D eigenvalue weighted by Crippen LogP contribution is 2.28. The van der Waals surface area contributed by atoms with Gasteiger partial charge in [0.2, 0.25) is 0 Å². The summed E-state index contributed by atoms with van der Waals surface area (Å²) in [5.74, 6) is 0.583. The van der Waals surface area contributed by atoms with Crippen LogP contribution in [0, 0.1) is 20.8 Å². The molecule has 4 nitrogen and oxygen atoms in total. The summed E-state index contributed by atoms with van der Waals surface area (Å²) in [6.07, 6.45) is 0.929. The van der Waals surface area contributed by atoms with Crippen LogP contribution in [0.15, 0.2) is 18.2 Å². The van der Waals surface area contributed by atoms with Gasteiger partial charge in [0, 0.05) is 12.2 Å². The van der Waals surface area contributed by atoms with Crippen LogP contribution in [0.1, 0.15) is 46.7 Å². The van der Waals surface area contributed by atoms with E-state index < -0.39 is 0 Å². The number of hydrogen-bond donors (Lipinski definition) is 1. The third-order valence-corrected chi connectivity index (χ3v) is 4.41. The minimum Gasteiger partial charge on any atom is -0.495 e. The van der Waals surface area contributed by atoms with Crippen LogP contribution in [0.25, 0.3) is 0 Å². The molecule has 1 aromatic carbocycles. The molecular weight excluding hydrogens is 288 g/mol. The number of amides is 1. The zero-order valence-corrected chi connectivity index (χ0v) is 14.9. The Bertz CT molecular complexity index is 729. The monoisotopic (exact) mass is 314 g/mol. The standard InChI is InChI=1S/C19H26N2O2/c1-7-15-13(4)18(21(8-2)14(15)5)19(22)20-16-11-12(3)9-10-17(16)23-6/h9-11H,7-8H2,1-6H3,(H,20,22). The van der Waals surface area contributed by atoms with Gasteiger partial charge >= 0.3 is 0 Å². The molecule has 1 heterocycles. The predicted molar refractivity (Wildman–Crippen MR) is 94.6 cm³/mol. The quantitative estimate of drug-likeness (QED) is 0.896. The van der Waals surface area contributed by atoms with E-state index in [0.717, 1.165) is 29.8 Å². The van der Waals surface area contributed by atoms with Crippen LogP contribution in [0.3, 0.4) is 0 Å². The van der Waals surface area contributed by atoms with Crippen molar-refractivity contribution in [3.63, 3.8) is 0 Å². The molecule has 124 valence electrons. The summed E-state index contributed by atoms with van der Waals surface area (Å²) in [6, 6.07) is 5.77. The zero-order chi connectivity index (χ0) is 17.1. The normalized spacial score (nSPS) is 10.7. The van der Waals surface area contributed by atoms with E-state index in [1.807, 2.05) is 32.0 Å².